The monoisotopic (exact) mass is 261 g/mol. The number of anilines is 1. The number of nitrogens with zero attached hydrogens (tertiary/aromatic N) is 2. The van der Waals surface area contributed by atoms with E-state index >= 15 is 0 Å². The van der Waals surface area contributed by atoms with Gasteiger partial charge in [-0.3, -0.25) is 0 Å². The first-order chi connectivity index (χ1) is 7.56. The van der Waals surface area contributed by atoms with E-state index in [0.717, 1.165) is 23.8 Å². The van der Waals surface area contributed by atoms with E-state index in [2.05, 4.69) is 42.4 Å². The van der Waals surface area contributed by atoms with Gasteiger partial charge in [-0.25, -0.2) is 4.98 Å². The summed E-state index contributed by atoms with van der Waals surface area (Å²) in [5, 5.41) is 4.31. The molecule has 0 aliphatic carbocycles. The van der Waals surface area contributed by atoms with Crippen LogP contribution in [0.5, 0.6) is 0 Å². The third-order valence-electron chi connectivity index (χ3n) is 2.94. The molecular weight excluding hydrogens is 242 g/mol. The molecule has 1 aromatic heterocycles. The van der Waals surface area contributed by atoms with Crippen LogP contribution in [-0.2, 0) is 0 Å². The number of alkyl halides is 1. The van der Waals surface area contributed by atoms with E-state index in [4.69, 9.17) is 11.6 Å². The quantitative estimate of drug-likeness (QED) is 0.790. The summed E-state index contributed by atoms with van der Waals surface area (Å²) in [4.78, 5) is 4.48. The van der Waals surface area contributed by atoms with Gasteiger partial charge in [-0.15, -0.1) is 11.6 Å². The summed E-state index contributed by atoms with van der Waals surface area (Å²) in [6.45, 7) is 8.48. The van der Waals surface area contributed by atoms with Gasteiger partial charge in [0.15, 0.2) is 0 Å². The Morgan fingerprint density at radius 3 is 2.38 bits per heavy atom. The maximum atomic E-state index is 6.04. The molecule has 1 N–H and O–H groups in total. The van der Waals surface area contributed by atoms with Gasteiger partial charge >= 0.3 is 0 Å². The van der Waals surface area contributed by atoms with Crippen molar-refractivity contribution in [2.45, 2.75) is 52.0 Å². The first kappa shape index (κ1) is 13.7. The molecule has 0 saturated carbocycles. The second-order valence-corrected chi connectivity index (χ2v) is 5.38. The van der Waals surface area contributed by atoms with Gasteiger partial charge in [-0.1, -0.05) is 27.7 Å². The fourth-order valence-electron chi connectivity index (χ4n) is 1.40. The van der Waals surface area contributed by atoms with E-state index in [0.29, 0.717) is 11.8 Å². The van der Waals surface area contributed by atoms with Crippen molar-refractivity contribution >= 4 is 28.3 Å². The minimum atomic E-state index is -0.0463. The minimum Gasteiger partial charge on any atom is -0.354 e. The zero-order chi connectivity index (χ0) is 12.2. The minimum absolute atomic E-state index is 0.0463. The summed E-state index contributed by atoms with van der Waals surface area (Å²) in [5.41, 5.74) is -0.0463. The van der Waals surface area contributed by atoms with Crippen LogP contribution in [0.3, 0.4) is 0 Å². The highest BCUT2D eigenvalue weighted by atomic mass is 35.5. The van der Waals surface area contributed by atoms with Crippen LogP contribution >= 0.6 is 23.1 Å². The molecule has 16 heavy (non-hydrogen) atoms. The van der Waals surface area contributed by atoms with Crippen LogP contribution in [0.25, 0.3) is 0 Å². The summed E-state index contributed by atoms with van der Waals surface area (Å²) in [7, 11) is 0. The van der Waals surface area contributed by atoms with Crippen molar-refractivity contribution in [2.24, 2.45) is 0 Å². The van der Waals surface area contributed by atoms with Crippen molar-refractivity contribution in [3.63, 3.8) is 0 Å². The lowest BCUT2D eigenvalue weighted by Crippen LogP contribution is -2.38. The molecule has 0 aliphatic rings. The lowest BCUT2D eigenvalue weighted by Gasteiger charge is -2.30. The molecule has 1 aromatic rings. The molecule has 0 bridgehead atoms. The standard InChI is InChI=1S/C11H20ClN3S/c1-5-11(6-2,7-12)14-10-13-9(8(3)4)15-16-10/h8H,5-7H2,1-4H3,(H,13,14,15). The Hall–Kier alpha value is -0.350. The van der Waals surface area contributed by atoms with E-state index < -0.39 is 0 Å². The fourth-order valence-corrected chi connectivity index (χ4v) is 2.67. The molecular formula is C11H20ClN3S. The predicted molar refractivity (Wildman–Crippen MR) is 71.7 cm³/mol. The molecule has 0 saturated heterocycles. The molecule has 1 rings (SSSR count). The Bertz CT molecular complexity index is 313. The van der Waals surface area contributed by atoms with Crippen molar-refractivity contribution in [1.82, 2.24) is 9.36 Å². The largest absolute Gasteiger partial charge is 0.354 e. The second-order valence-electron chi connectivity index (χ2n) is 4.36. The van der Waals surface area contributed by atoms with Gasteiger partial charge in [0.05, 0.1) is 5.54 Å². The Kier molecular flexibility index (Phi) is 4.99. The first-order valence-electron chi connectivity index (χ1n) is 5.74. The molecule has 92 valence electrons. The fraction of sp³-hybridized carbons (Fsp3) is 0.818. The summed E-state index contributed by atoms with van der Waals surface area (Å²) >= 11 is 7.46. The summed E-state index contributed by atoms with van der Waals surface area (Å²) in [6, 6.07) is 0. The second kappa shape index (κ2) is 5.82. The number of rotatable bonds is 6. The van der Waals surface area contributed by atoms with Crippen LogP contribution in [0, 0.1) is 0 Å². The molecule has 0 unspecified atom stereocenters. The van der Waals surface area contributed by atoms with Gasteiger partial charge in [-0.2, -0.15) is 4.37 Å². The molecule has 3 nitrogen and oxygen atoms in total. The molecule has 5 heteroatoms. The van der Waals surface area contributed by atoms with Gasteiger partial charge in [0.2, 0.25) is 5.13 Å². The van der Waals surface area contributed by atoms with E-state index in [-0.39, 0.29) is 5.54 Å². The number of hydrogen-bond acceptors (Lipinski definition) is 4. The number of aromatic nitrogens is 2. The van der Waals surface area contributed by atoms with Crippen molar-refractivity contribution < 1.29 is 0 Å². The normalized spacial score (nSPS) is 12.1. The SMILES string of the molecule is CCC(CC)(CCl)Nc1nc(C(C)C)ns1. The van der Waals surface area contributed by atoms with Gasteiger partial charge in [0, 0.05) is 23.3 Å². The highest BCUT2D eigenvalue weighted by molar-refractivity contribution is 7.09. The first-order valence-corrected chi connectivity index (χ1v) is 7.05. The average Bonchev–Trinajstić information content (AvgIpc) is 2.74. The average molecular weight is 262 g/mol. The lowest BCUT2D eigenvalue weighted by atomic mass is 9.96. The van der Waals surface area contributed by atoms with Crippen molar-refractivity contribution in [3.05, 3.63) is 5.82 Å². The van der Waals surface area contributed by atoms with E-state index in [9.17, 15) is 0 Å². The van der Waals surface area contributed by atoms with Crippen molar-refractivity contribution in [2.75, 3.05) is 11.2 Å². The molecule has 1 heterocycles. The molecule has 0 atom stereocenters. The molecule has 0 amide bonds. The molecule has 0 spiro atoms. The summed E-state index contributed by atoms with van der Waals surface area (Å²) in [5.74, 6) is 1.87. The Labute approximate surface area is 107 Å². The highest BCUT2D eigenvalue weighted by Crippen LogP contribution is 2.26. The lowest BCUT2D eigenvalue weighted by molar-refractivity contribution is 0.484. The van der Waals surface area contributed by atoms with Crippen molar-refractivity contribution in [3.8, 4) is 0 Å². The smallest absolute Gasteiger partial charge is 0.203 e. The zero-order valence-electron chi connectivity index (χ0n) is 10.4. The van der Waals surface area contributed by atoms with Crippen LogP contribution in [0.2, 0.25) is 0 Å². The maximum Gasteiger partial charge on any atom is 0.203 e. The molecule has 0 fully saturated rings. The van der Waals surface area contributed by atoms with Crippen LogP contribution in [-0.4, -0.2) is 20.8 Å². The van der Waals surface area contributed by atoms with Crippen molar-refractivity contribution in [1.29, 1.82) is 0 Å². The van der Waals surface area contributed by atoms with E-state index in [1.165, 1.54) is 11.5 Å². The number of nitrogens with one attached hydrogen (secondary N) is 1. The van der Waals surface area contributed by atoms with Crippen LogP contribution in [0.4, 0.5) is 5.13 Å². The predicted octanol–water partition coefficient (Wildman–Crippen LogP) is 3.87. The summed E-state index contributed by atoms with van der Waals surface area (Å²) in [6.07, 6.45) is 1.98. The van der Waals surface area contributed by atoms with Crippen LogP contribution < -0.4 is 5.32 Å². The molecule has 0 aromatic carbocycles. The Morgan fingerprint density at radius 2 is 2.00 bits per heavy atom. The third-order valence-corrected chi connectivity index (χ3v) is 4.10. The van der Waals surface area contributed by atoms with E-state index in [1.54, 1.807) is 0 Å². The highest BCUT2D eigenvalue weighted by Gasteiger charge is 2.26. The third kappa shape index (κ3) is 3.08. The van der Waals surface area contributed by atoms with Gasteiger partial charge in [0.25, 0.3) is 0 Å². The number of halogens is 1. The van der Waals surface area contributed by atoms with Crippen LogP contribution in [0.1, 0.15) is 52.3 Å². The molecule has 0 radical (unpaired) electrons. The maximum absolute atomic E-state index is 6.04. The van der Waals surface area contributed by atoms with E-state index in [1.807, 2.05) is 0 Å². The van der Waals surface area contributed by atoms with Gasteiger partial charge in [0.1, 0.15) is 5.82 Å². The Balaban J connectivity index is 2.77. The Morgan fingerprint density at radius 1 is 1.38 bits per heavy atom. The molecule has 0 aliphatic heterocycles. The topological polar surface area (TPSA) is 37.8 Å². The van der Waals surface area contributed by atoms with Gasteiger partial charge < -0.3 is 5.32 Å². The van der Waals surface area contributed by atoms with Crippen LogP contribution in [0.15, 0.2) is 0 Å². The summed E-state index contributed by atoms with van der Waals surface area (Å²) < 4.78 is 4.33. The van der Waals surface area contributed by atoms with Gasteiger partial charge in [-0.05, 0) is 12.8 Å². The zero-order valence-corrected chi connectivity index (χ0v) is 12.0. The number of hydrogen-bond donors (Lipinski definition) is 1.